The summed E-state index contributed by atoms with van der Waals surface area (Å²) < 4.78 is 10.6. The number of amides is 1. The molecule has 0 spiro atoms. The Balaban J connectivity index is 1.91. The highest BCUT2D eigenvalue weighted by Gasteiger charge is 2.23. The lowest BCUT2D eigenvalue weighted by molar-refractivity contribution is -0.148. The summed E-state index contributed by atoms with van der Waals surface area (Å²) in [4.78, 5) is 13.2. The van der Waals surface area contributed by atoms with Gasteiger partial charge in [-0.25, -0.2) is 0 Å². The molecule has 5 heteroatoms. The fourth-order valence-corrected chi connectivity index (χ4v) is 2.33. The number of benzene rings is 1. The quantitative estimate of drug-likeness (QED) is 0.858. The minimum Gasteiger partial charge on any atom is -0.376 e. The molecule has 0 aliphatic carbocycles. The van der Waals surface area contributed by atoms with Crippen LogP contribution in [0.15, 0.2) is 29.2 Å². The van der Waals surface area contributed by atoms with Gasteiger partial charge in [0.05, 0.1) is 25.9 Å². The SMILES string of the molecule is CSc1ccc([C@H](C)NC(=O)[C@@H]2COCCO2)cc1. The second kappa shape index (κ2) is 6.93. The minimum absolute atomic E-state index is 0.0334. The van der Waals surface area contributed by atoms with Crippen molar-refractivity contribution in [1.82, 2.24) is 5.32 Å². The molecule has 4 nitrogen and oxygen atoms in total. The Kier molecular flexibility index (Phi) is 5.24. The molecule has 0 saturated carbocycles. The van der Waals surface area contributed by atoms with Gasteiger partial charge in [-0.1, -0.05) is 12.1 Å². The van der Waals surface area contributed by atoms with E-state index >= 15 is 0 Å². The van der Waals surface area contributed by atoms with Crippen molar-refractivity contribution >= 4 is 17.7 Å². The number of nitrogens with one attached hydrogen (secondary N) is 1. The third-order valence-corrected chi connectivity index (χ3v) is 3.83. The van der Waals surface area contributed by atoms with E-state index in [2.05, 4.69) is 17.4 Å². The van der Waals surface area contributed by atoms with Crippen LogP contribution in [0.2, 0.25) is 0 Å². The van der Waals surface area contributed by atoms with Crippen LogP contribution in [0.3, 0.4) is 0 Å². The van der Waals surface area contributed by atoms with Crippen molar-refractivity contribution in [1.29, 1.82) is 0 Å². The molecule has 1 saturated heterocycles. The molecule has 0 radical (unpaired) electrons. The van der Waals surface area contributed by atoms with Gasteiger partial charge in [-0.2, -0.15) is 0 Å². The molecule has 1 amide bonds. The second-order valence-corrected chi connectivity index (χ2v) is 5.32. The zero-order valence-electron chi connectivity index (χ0n) is 11.2. The maximum Gasteiger partial charge on any atom is 0.252 e. The van der Waals surface area contributed by atoms with Crippen LogP contribution >= 0.6 is 11.8 Å². The molecular formula is C14H19NO3S. The predicted octanol–water partition coefficient (Wildman–Crippen LogP) is 2.00. The number of ether oxygens (including phenoxy) is 2. The topological polar surface area (TPSA) is 47.6 Å². The van der Waals surface area contributed by atoms with Gasteiger partial charge in [0.15, 0.2) is 6.10 Å². The Hall–Kier alpha value is -1.04. The Labute approximate surface area is 117 Å². The second-order valence-electron chi connectivity index (χ2n) is 4.44. The Bertz CT molecular complexity index is 415. The van der Waals surface area contributed by atoms with E-state index in [1.165, 1.54) is 4.90 Å². The molecule has 1 fully saturated rings. The summed E-state index contributed by atoms with van der Waals surface area (Å²) >= 11 is 1.70. The molecule has 1 heterocycles. The summed E-state index contributed by atoms with van der Waals surface area (Å²) in [6.07, 6.45) is 1.56. The van der Waals surface area contributed by atoms with Gasteiger partial charge in [0, 0.05) is 4.90 Å². The first-order valence-electron chi connectivity index (χ1n) is 6.34. The average molecular weight is 281 g/mol. The first-order valence-corrected chi connectivity index (χ1v) is 7.57. The summed E-state index contributed by atoms with van der Waals surface area (Å²) in [5.74, 6) is -0.110. The van der Waals surface area contributed by atoms with Gasteiger partial charge >= 0.3 is 0 Å². The Morgan fingerprint density at radius 2 is 2.11 bits per heavy atom. The molecule has 1 aromatic carbocycles. The molecule has 0 unspecified atom stereocenters. The predicted molar refractivity (Wildman–Crippen MR) is 75.3 cm³/mol. The molecule has 1 N–H and O–H groups in total. The summed E-state index contributed by atoms with van der Waals surface area (Å²) in [6.45, 7) is 3.35. The number of hydrogen-bond donors (Lipinski definition) is 1. The number of carbonyl (C=O) groups is 1. The van der Waals surface area contributed by atoms with Crippen molar-refractivity contribution in [2.45, 2.75) is 24.0 Å². The van der Waals surface area contributed by atoms with Gasteiger partial charge in [0.2, 0.25) is 0 Å². The number of rotatable bonds is 4. The molecule has 1 aromatic rings. The molecule has 0 bridgehead atoms. The number of hydrogen-bond acceptors (Lipinski definition) is 4. The van der Waals surface area contributed by atoms with Crippen molar-refractivity contribution in [3.05, 3.63) is 29.8 Å². The van der Waals surface area contributed by atoms with Gasteiger partial charge < -0.3 is 14.8 Å². The average Bonchev–Trinajstić information content (AvgIpc) is 2.48. The van der Waals surface area contributed by atoms with E-state index in [4.69, 9.17) is 9.47 Å². The van der Waals surface area contributed by atoms with E-state index in [-0.39, 0.29) is 11.9 Å². The van der Waals surface area contributed by atoms with Crippen LogP contribution in [0, 0.1) is 0 Å². The summed E-state index contributed by atoms with van der Waals surface area (Å²) in [5, 5.41) is 2.95. The number of carbonyl (C=O) groups excluding carboxylic acids is 1. The normalized spacial score (nSPS) is 20.8. The van der Waals surface area contributed by atoms with E-state index in [1.807, 2.05) is 25.3 Å². The minimum atomic E-state index is -0.485. The van der Waals surface area contributed by atoms with E-state index in [0.29, 0.717) is 19.8 Å². The lowest BCUT2D eigenvalue weighted by Gasteiger charge is -2.24. The molecular weight excluding hydrogens is 262 g/mol. The van der Waals surface area contributed by atoms with Crippen molar-refractivity contribution in [3.8, 4) is 0 Å². The zero-order valence-corrected chi connectivity index (χ0v) is 12.0. The molecule has 0 aromatic heterocycles. The third-order valence-electron chi connectivity index (χ3n) is 3.08. The zero-order chi connectivity index (χ0) is 13.7. The van der Waals surface area contributed by atoms with Crippen LogP contribution in [0.5, 0.6) is 0 Å². The third kappa shape index (κ3) is 3.96. The van der Waals surface area contributed by atoms with Gasteiger partial charge in [-0.15, -0.1) is 11.8 Å². The van der Waals surface area contributed by atoms with E-state index in [9.17, 15) is 4.79 Å². The van der Waals surface area contributed by atoms with Crippen LogP contribution in [-0.2, 0) is 14.3 Å². The van der Waals surface area contributed by atoms with E-state index in [1.54, 1.807) is 11.8 Å². The monoisotopic (exact) mass is 281 g/mol. The highest BCUT2D eigenvalue weighted by atomic mass is 32.2. The summed E-state index contributed by atoms with van der Waals surface area (Å²) in [5.41, 5.74) is 1.09. The smallest absolute Gasteiger partial charge is 0.252 e. The van der Waals surface area contributed by atoms with Crippen LogP contribution < -0.4 is 5.32 Å². The van der Waals surface area contributed by atoms with Crippen molar-refractivity contribution < 1.29 is 14.3 Å². The molecule has 104 valence electrons. The summed E-state index contributed by atoms with van der Waals surface area (Å²) in [6, 6.07) is 8.16. The molecule has 2 atom stereocenters. The largest absolute Gasteiger partial charge is 0.376 e. The fourth-order valence-electron chi connectivity index (χ4n) is 1.92. The first kappa shape index (κ1) is 14.4. The van der Waals surface area contributed by atoms with Gasteiger partial charge in [0.1, 0.15) is 0 Å². The first-order chi connectivity index (χ1) is 9.20. The van der Waals surface area contributed by atoms with E-state index < -0.39 is 6.10 Å². The van der Waals surface area contributed by atoms with Crippen LogP contribution in [0.25, 0.3) is 0 Å². The van der Waals surface area contributed by atoms with Crippen LogP contribution in [0.4, 0.5) is 0 Å². The van der Waals surface area contributed by atoms with Gasteiger partial charge in [-0.05, 0) is 30.9 Å². The molecule has 1 aliphatic heterocycles. The van der Waals surface area contributed by atoms with Gasteiger partial charge in [0.25, 0.3) is 5.91 Å². The van der Waals surface area contributed by atoms with Crippen molar-refractivity contribution in [2.75, 3.05) is 26.1 Å². The van der Waals surface area contributed by atoms with Crippen molar-refractivity contribution in [3.63, 3.8) is 0 Å². The molecule has 19 heavy (non-hydrogen) atoms. The highest BCUT2D eigenvalue weighted by Crippen LogP contribution is 2.19. The van der Waals surface area contributed by atoms with Crippen LogP contribution in [0.1, 0.15) is 18.5 Å². The Morgan fingerprint density at radius 1 is 1.37 bits per heavy atom. The Morgan fingerprint density at radius 3 is 2.68 bits per heavy atom. The van der Waals surface area contributed by atoms with Crippen molar-refractivity contribution in [2.24, 2.45) is 0 Å². The standard InChI is InChI=1S/C14H19NO3S/c1-10(11-3-5-12(19-2)6-4-11)15-14(16)13-9-17-7-8-18-13/h3-6,10,13H,7-9H2,1-2H3,(H,15,16)/t10-,13-/m0/s1. The lowest BCUT2D eigenvalue weighted by Crippen LogP contribution is -2.43. The maximum absolute atomic E-state index is 12.0. The number of thioether (sulfide) groups is 1. The van der Waals surface area contributed by atoms with Crippen LogP contribution in [-0.4, -0.2) is 38.1 Å². The van der Waals surface area contributed by atoms with E-state index in [0.717, 1.165) is 5.56 Å². The highest BCUT2D eigenvalue weighted by molar-refractivity contribution is 7.98. The fraction of sp³-hybridized carbons (Fsp3) is 0.500. The lowest BCUT2D eigenvalue weighted by atomic mass is 10.1. The van der Waals surface area contributed by atoms with Gasteiger partial charge in [-0.3, -0.25) is 4.79 Å². The maximum atomic E-state index is 12.0. The summed E-state index contributed by atoms with van der Waals surface area (Å²) in [7, 11) is 0. The molecule has 1 aliphatic rings. The molecule has 2 rings (SSSR count).